The molecule has 0 radical (unpaired) electrons. The SMILES string of the molecule is Cc1cc(C)c(O)c(C=Nc2ccc3nc(-c4ccccc4)[nH]c3c2)c1. The summed E-state index contributed by atoms with van der Waals surface area (Å²) in [6, 6.07) is 19.7. The molecule has 0 bridgehead atoms. The van der Waals surface area contributed by atoms with Crippen molar-refractivity contribution < 1.29 is 5.11 Å². The number of imidazole rings is 1. The maximum atomic E-state index is 10.2. The molecule has 0 spiro atoms. The van der Waals surface area contributed by atoms with Crippen LogP contribution in [0.15, 0.2) is 65.7 Å². The van der Waals surface area contributed by atoms with Crippen LogP contribution in [0.1, 0.15) is 16.7 Å². The van der Waals surface area contributed by atoms with Crippen LogP contribution >= 0.6 is 0 Å². The molecule has 4 rings (SSSR count). The van der Waals surface area contributed by atoms with E-state index in [0.29, 0.717) is 0 Å². The van der Waals surface area contributed by atoms with Gasteiger partial charge in [0.05, 0.1) is 16.7 Å². The van der Waals surface area contributed by atoms with Crippen LogP contribution in [0.25, 0.3) is 22.4 Å². The Labute approximate surface area is 151 Å². The highest BCUT2D eigenvalue weighted by Crippen LogP contribution is 2.26. The van der Waals surface area contributed by atoms with Gasteiger partial charge in [-0.25, -0.2) is 4.98 Å². The molecule has 4 nitrogen and oxygen atoms in total. The minimum atomic E-state index is 0.272. The molecule has 128 valence electrons. The number of phenolic OH excluding ortho intramolecular Hbond substituents is 1. The molecule has 0 saturated heterocycles. The fourth-order valence-electron chi connectivity index (χ4n) is 3.05. The Balaban J connectivity index is 1.68. The Bertz CT molecular complexity index is 1110. The van der Waals surface area contributed by atoms with Crippen molar-refractivity contribution in [3.8, 4) is 17.1 Å². The largest absolute Gasteiger partial charge is 0.507 e. The van der Waals surface area contributed by atoms with E-state index >= 15 is 0 Å². The molecule has 0 aliphatic rings. The maximum absolute atomic E-state index is 10.2. The third-order valence-electron chi connectivity index (χ3n) is 4.34. The lowest BCUT2D eigenvalue weighted by molar-refractivity contribution is 0.470. The second-order valence-electron chi connectivity index (χ2n) is 6.43. The highest BCUT2D eigenvalue weighted by Gasteiger charge is 2.06. The van der Waals surface area contributed by atoms with Gasteiger partial charge in [-0.1, -0.05) is 36.4 Å². The average molecular weight is 341 g/mol. The van der Waals surface area contributed by atoms with Crippen LogP contribution in [0.2, 0.25) is 0 Å². The molecule has 0 saturated carbocycles. The quantitative estimate of drug-likeness (QED) is 0.497. The van der Waals surface area contributed by atoms with Gasteiger partial charge in [-0.05, 0) is 49.2 Å². The van der Waals surface area contributed by atoms with Crippen molar-refractivity contribution in [1.29, 1.82) is 0 Å². The third-order valence-corrected chi connectivity index (χ3v) is 4.34. The molecule has 1 heterocycles. The lowest BCUT2D eigenvalue weighted by Gasteiger charge is -2.04. The van der Waals surface area contributed by atoms with Gasteiger partial charge in [0.15, 0.2) is 0 Å². The van der Waals surface area contributed by atoms with Crippen molar-refractivity contribution in [2.45, 2.75) is 13.8 Å². The Morgan fingerprint density at radius 2 is 1.81 bits per heavy atom. The Morgan fingerprint density at radius 1 is 1.00 bits per heavy atom. The molecular weight excluding hydrogens is 322 g/mol. The molecule has 0 aliphatic heterocycles. The van der Waals surface area contributed by atoms with E-state index < -0.39 is 0 Å². The first-order valence-corrected chi connectivity index (χ1v) is 8.49. The second-order valence-corrected chi connectivity index (χ2v) is 6.43. The molecule has 4 aromatic rings. The first kappa shape index (κ1) is 16.1. The van der Waals surface area contributed by atoms with Gasteiger partial charge in [0.25, 0.3) is 0 Å². The molecular formula is C22H19N3O. The molecule has 3 aromatic carbocycles. The predicted molar refractivity (Wildman–Crippen MR) is 106 cm³/mol. The van der Waals surface area contributed by atoms with Crippen LogP contribution < -0.4 is 0 Å². The molecule has 0 fully saturated rings. The van der Waals surface area contributed by atoms with Gasteiger partial charge in [0.1, 0.15) is 11.6 Å². The monoisotopic (exact) mass is 341 g/mol. The number of aromatic nitrogens is 2. The zero-order chi connectivity index (χ0) is 18.1. The minimum Gasteiger partial charge on any atom is -0.507 e. The number of hydrogen-bond acceptors (Lipinski definition) is 3. The third kappa shape index (κ3) is 3.09. The molecule has 0 amide bonds. The summed E-state index contributed by atoms with van der Waals surface area (Å²) < 4.78 is 0. The number of hydrogen-bond donors (Lipinski definition) is 2. The van der Waals surface area contributed by atoms with E-state index in [1.807, 2.05) is 74.5 Å². The lowest BCUT2D eigenvalue weighted by atomic mass is 10.1. The van der Waals surface area contributed by atoms with Gasteiger partial charge in [0, 0.05) is 17.3 Å². The normalized spacial score (nSPS) is 11.5. The number of rotatable bonds is 3. The van der Waals surface area contributed by atoms with E-state index in [4.69, 9.17) is 0 Å². The Kier molecular flexibility index (Phi) is 4.01. The summed E-state index contributed by atoms with van der Waals surface area (Å²) in [5.41, 5.74) is 6.35. The molecule has 4 heteroatoms. The molecule has 2 N–H and O–H groups in total. The van der Waals surface area contributed by atoms with E-state index in [2.05, 4.69) is 15.0 Å². The highest BCUT2D eigenvalue weighted by molar-refractivity contribution is 5.88. The summed E-state index contributed by atoms with van der Waals surface area (Å²) in [5.74, 6) is 1.11. The first-order valence-electron chi connectivity index (χ1n) is 8.49. The molecule has 0 aliphatic carbocycles. The number of phenols is 1. The number of nitrogens with zero attached hydrogens (tertiary/aromatic N) is 2. The summed E-state index contributed by atoms with van der Waals surface area (Å²) in [7, 11) is 0. The molecule has 26 heavy (non-hydrogen) atoms. The average Bonchev–Trinajstić information content (AvgIpc) is 3.07. The number of H-pyrrole nitrogens is 1. The number of nitrogens with one attached hydrogen (secondary N) is 1. The number of aromatic hydroxyl groups is 1. The van der Waals surface area contributed by atoms with E-state index in [-0.39, 0.29) is 5.75 Å². The Hall–Kier alpha value is -3.40. The van der Waals surface area contributed by atoms with Gasteiger partial charge in [-0.3, -0.25) is 4.99 Å². The van der Waals surface area contributed by atoms with Crippen molar-refractivity contribution in [2.24, 2.45) is 4.99 Å². The van der Waals surface area contributed by atoms with Crippen LogP contribution in [0.5, 0.6) is 5.75 Å². The van der Waals surface area contributed by atoms with Gasteiger partial charge in [-0.15, -0.1) is 0 Å². The Morgan fingerprint density at radius 3 is 2.62 bits per heavy atom. The number of benzene rings is 3. The topological polar surface area (TPSA) is 61.3 Å². The highest BCUT2D eigenvalue weighted by atomic mass is 16.3. The zero-order valence-corrected chi connectivity index (χ0v) is 14.7. The van der Waals surface area contributed by atoms with E-state index in [1.54, 1.807) is 6.21 Å². The van der Waals surface area contributed by atoms with Crippen molar-refractivity contribution in [3.05, 3.63) is 77.4 Å². The predicted octanol–water partition coefficient (Wildman–Crippen LogP) is 5.30. The number of fused-ring (bicyclic) bond motifs is 1. The van der Waals surface area contributed by atoms with Crippen LogP contribution in [-0.4, -0.2) is 21.3 Å². The zero-order valence-electron chi connectivity index (χ0n) is 14.7. The van der Waals surface area contributed by atoms with Gasteiger partial charge in [-0.2, -0.15) is 0 Å². The van der Waals surface area contributed by atoms with E-state index in [1.165, 1.54) is 0 Å². The van der Waals surface area contributed by atoms with Gasteiger partial charge in [0.2, 0.25) is 0 Å². The lowest BCUT2D eigenvalue weighted by Crippen LogP contribution is -1.87. The summed E-state index contributed by atoms with van der Waals surface area (Å²) in [6.45, 7) is 3.90. The van der Waals surface area contributed by atoms with Crippen molar-refractivity contribution in [2.75, 3.05) is 0 Å². The molecule has 0 atom stereocenters. The number of aliphatic imine (C=N–C) groups is 1. The van der Waals surface area contributed by atoms with Crippen LogP contribution in [0.3, 0.4) is 0 Å². The van der Waals surface area contributed by atoms with Crippen LogP contribution in [0, 0.1) is 13.8 Å². The number of aromatic amines is 1. The fourth-order valence-corrected chi connectivity index (χ4v) is 3.05. The van der Waals surface area contributed by atoms with Crippen molar-refractivity contribution in [3.63, 3.8) is 0 Å². The molecule has 1 aromatic heterocycles. The second kappa shape index (κ2) is 6.48. The van der Waals surface area contributed by atoms with Crippen LogP contribution in [0.4, 0.5) is 5.69 Å². The summed E-state index contributed by atoms with van der Waals surface area (Å²) in [6.07, 6.45) is 1.70. The van der Waals surface area contributed by atoms with E-state index in [0.717, 1.165) is 44.8 Å². The fraction of sp³-hybridized carbons (Fsp3) is 0.0909. The van der Waals surface area contributed by atoms with Gasteiger partial charge >= 0.3 is 0 Å². The van der Waals surface area contributed by atoms with Crippen molar-refractivity contribution in [1.82, 2.24) is 9.97 Å². The maximum Gasteiger partial charge on any atom is 0.138 e. The minimum absolute atomic E-state index is 0.272. The standard InChI is InChI=1S/C22H19N3O/c1-14-10-15(2)21(26)17(11-14)13-23-18-8-9-19-20(12-18)25-22(24-19)16-6-4-3-5-7-16/h3-13,26H,1-2H3,(H,24,25). The smallest absolute Gasteiger partial charge is 0.138 e. The summed E-state index contributed by atoms with van der Waals surface area (Å²) in [4.78, 5) is 12.5. The molecule has 0 unspecified atom stereocenters. The van der Waals surface area contributed by atoms with Gasteiger partial charge < -0.3 is 10.1 Å². The van der Waals surface area contributed by atoms with E-state index in [9.17, 15) is 5.11 Å². The number of aryl methyl sites for hydroxylation is 2. The summed E-state index contributed by atoms with van der Waals surface area (Å²) in [5, 5.41) is 10.2. The summed E-state index contributed by atoms with van der Waals surface area (Å²) >= 11 is 0. The first-order chi connectivity index (χ1) is 12.6. The van der Waals surface area contributed by atoms with Crippen molar-refractivity contribution >= 4 is 22.9 Å². The van der Waals surface area contributed by atoms with Crippen LogP contribution in [-0.2, 0) is 0 Å².